The smallest absolute Gasteiger partial charge is 0.244 e. The Morgan fingerprint density at radius 2 is 1.95 bits per heavy atom. The highest BCUT2D eigenvalue weighted by atomic mass is 32.2. The van der Waals surface area contributed by atoms with Gasteiger partial charge in [0.25, 0.3) is 0 Å². The van der Waals surface area contributed by atoms with E-state index in [-0.39, 0.29) is 11.4 Å². The minimum atomic E-state index is -3.57. The SMILES string of the molecule is COCCNS(=O)(=O)c1ccc(C(C)C)cc1OC. The zero-order valence-electron chi connectivity index (χ0n) is 11.8. The van der Waals surface area contributed by atoms with Crippen LogP contribution in [-0.4, -0.2) is 35.8 Å². The molecule has 0 spiro atoms. The molecule has 1 aromatic rings. The average Bonchev–Trinajstić information content (AvgIpc) is 2.38. The summed E-state index contributed by atoms with van der Waals surface area (Å²) in [6.07, 6.45) is 0. The number of nitrogens with one attached hydrogen (secondary N) is 1. The first kappa shape index (κ1) is 15.9. The summed E-state index contributed by atoms with van der Waals surface area (Å²) in [5, 5.41) is 0. The van der Waals surface area contributed by atoms with E-state index in [0.717, 1.165) is 5.56 Å². The normalized spacial score (nSPS) is 11.8. The van der Waals surface area contributed by atoms with Crippen molar-refractivity contribution in [3.63, 3.8) is 0 Å². The molecule has 0 unspecified atom stereocenters. The first-order valence-corrected chi connectivity index (χ1v) is 7.57. The Morgan fingerprint density at radius 1 is 1.26 bits per heavy atom. The molecular weight excluding hydrogens is 266 g/mol. The second-order valence-electron chi connectivity index (χ2n) is 4.46. The van der Waals surface area contributed by atoms with Gasteiger partial charge in [-0.05, 0) is 23.6 Å². The minimum absolute atomic E-state index is 0.149. The maximum Gasteiger partial charge on any atom is 0.244 e. The number of ether oxygens (including phenoxy) is 2. The van der Waals surface area contributed by atoms with Gasteiger partial charge in [0.1, 0.15) is 10.6 Å². The van der Waals surface area contributed by atoms with E-state index in [1.54, 1.807) is 18.2 Å². The first-order valence-electron chi connectivity index (χ1n) is 6.09. The van der Waals surface area contributed by atoms with Crippen LogP contribution in [0.15, 0.2) is 23.1 Å². The van der Waals surface area contributed by atoms with Gasteiger partial charge in [-0.25, -0.2) is 13.1 Å². The molecule has 0 aliphatic rings. The highest BCUT2D eigenvalue weighted by Gasteiger charge is 2.19. The molecule has 0 aliphatic heterocycles. The van der Waals surface area contributed by atoms with Gasteiger partial charge in [-0.1, -0.05) is 19.9 Å². The molecule has 19 heavy (non-hydrogen) atoms. The molecule has 108 valence electrons. The summed E-state index contributed by atoms with van der Waals surface area (Å²) in [5.41, 5.74) is 1.03. The van der Waals surface area contributed by atoms with Gasteiger partial charge in [-0.3, -0.25) is 0 Å². The van der Waals surface area contributed by atoms with Crippen LogP contribution in [0.5, 0.6) is 5.75 Å². The van der Waals surface area contributed by atoms with Crippen molar-refractivity contribution in [1.29, 1.82) is 0 Å². The summed E-state index contributed by atoms with van der Waals surface area (Å²) in [6.45, 7) is 4.64. The van der Waals surface area contributed by atoms with Crippen LogP contribution in [0.25, 0.3) is 0 Å². The lowest BCUT2D eigenvalue weighted by molar-refractivity contribution is 0.204. The molecule has 1 rings (SSSR count). The number of sulfonamides is 1. The van der Waals surface area contributed by atoms with E-state index in [4.69, 9.17) is 9.47 Å². The molecule has 5 nitrogen and oxygen atoms in total. The lowest BCUT2D eigenvalue weighted by atomic mass is 10.0. The van der Waals surface area contributed by atoms with Gasteiger partial charge in [0.05, 0.1) is 13.7 Å². The molecule has 0 heterocycles. The Morgan fingerprint density at radius 3 is 2.47 bits per heavy atom. The summed E-state index contributed by atoms with van der Waals surface area (Å²) in [5.74, 6) is 0.670. The van der Waals surface area contributed by atoms with Crippen molar-refractivity contribution in [1.82, 2.24) is 4.72 Å². The summed E-state index contributed by atoms with van der Waals surface area (Å²) >= 11 is 0. The van der Waals surface area contributed by atoms with Gasteiger partial charge in [0, 0.05) is 13.7 Å². The molecular formula is C13H21NO4S. The molecule has 0 bridgehead atoms. The Hall–Kier alpha value is -1.11. The third kappa shape index (κ3) is 4.19. The monoisotopic (exact) mass is 287 g/mol. The van der Waals surface area contributed by atoms with Gasteiger partial charge < -0.3 is 9.47 Å². The van der Waals surface area contributed by atoms with Gasteiger partial charge in [-0.15, -0.1) is 0 Å². The van der Waals surface area contributed by atoms with E-state index < -0.39 is 10.0 Å². The minimum Gasteiger partial charge on any atom is -0.495 e. The molecule has 0 aliphatic carbocycles. The maximum absolute atomic E-state index is 12.1. The van der Waals surface area contributed by atoms with Crippen LogP contribution in [0.3, 0.4) is 0 Å². The van der Waals surface area contributed by atoms with E-state index in [1.165, 1.54) is 14.2 Å². The van der Waals surface area contributed by atoms with Crippen molar-refractivity contribution >= 4 is 10.0 Å². The van der Waals surface area contributed by atoms with Crippen LogP contribution in [0.1, 0.15) is 25.3 Å². The molecule has 0 saturated heterocycles. The molecule has 0 fully saturated rings. The van der Waals surface area contributed by atoms with E-state index >= 15 is 0 Å². The van der Waals surface area contributed by atoms with Crippen LogP contribution in [0.2, 0.25) is 0 Å². The Kier molecular flexibility index (Phi) is 5.78. The number of methoxy groups -OCH3 is 2. The standard InChI is InChI=1S/C13H21NO4S/c1-10(2)11-5-6-13(12(9-11)18-4)19(15,16)14-7-8-17-3/h5-6,9-10,14H,7-8H2,1-4H3. The maximum atomic E-state index is 12.1. The Bertz CT molecular complexity index is 511. The second kappa shape index (κ2) is 6.88. The fourth-order valence-corrected chi connectivity index (χ4v) is 2.78. The fourth-order valence-electron chi connectivity index (χ4n) is 1.62. The topological polar surface area (TPSA) is 64.6 Å². The third-order valence-corrected chi connectivity index (χ3v) is 4.24. The Balaban J connectivity index is 3.05. The van der Waals surface area contributed by atoms with Crippen molar-refractivity contribution in [2.75, 3.05) is 27.4 Å². The van der Waals surface area contributed by atoms with E-state index in [2.05, 4.69) is 4.72 Å². The van der Waals surface area contributed by atoms with Crippen LogP contribution in [0.4, 0.5) is 0 Å². The molecule has 1 aromatic carbocycles. The third-order valence-electron chi connectivity index (χ3n) is 2.74. The van der Waals surface area contributed by atoms with Crippen LogP contribution in [-0.2, 0) is 14.8 Å². The highest BCUT2D eigenvalue weighted by molar-refractivity contribution is 7.89. The van der Waals surface area contributed by atoms with Crippen molar-refractivity contribution < 1.29 is 17.9 Å². The van der Waals surface area contributed by atoms with Gasteiger partial charge in [-0.2, -0.15) is 0 Å². The largest absolute Gasteiger partial charge is 0.495 e. The summed E-state index contributed by atoms with van der Waals surface area (Å²) in [7, 11) is -0.587. The molecule has 0 atom stereocenters. The van der Waals surface area contributed by atoms with Gasteiger partial charge in [0.2, 0.25) is 10.0 Å². The van der Waals surface area contributed by atoms with Crippen LogP contribution < -0.4 is 9.46 Å². The predicted octanol–water partition coefficient (Wildman–Crippen LogP) is 1.74. The summed E-state index contributed by atoms with van der Waals surface area (Å²) in [6, 6.07) is 5.14. The molecule has 0 aromatic heterocycles. The highest BCUT2D eigenvalue weighted by Crippen LogP contribution is 2.27. The lowest BCUT2D eigenvalue weighted by Gasteiger charge is -2.13. The zero-order chi connectivity index (χ0) is 14.5. The average molecular weight is 287 g/mol. The second-order valence-corrected chi connectivity index (χ2v) is 6.19. The summed E-state index contributed by atoms with van der Waals surface area (Å²) < 4.78 is 36.7. The quantitative estimate of drug-likeness (QED) is 0.776. The fraction of sp³-hybridized carbons (Fsp3) is 0.538. The van der Waals surface area contributed by atoms with Crippen LogP contribution >= 0.6 is 0 Å². The van der Waals surface area contributed by atoms with Crippen molar-refractivity contribution in [2.24, 2.45) is 0 Å². The van der Waals surface area contributed by atoms with E-state index in [1.807, 2.05) is 13.8 Å². The number of hydrogen-bond donors (Lipinski definition) is 1. The van der Waals surface area contributed by atoms with Crippen molar-refractivity contribution in [2.45, 2.75) is 24.7 Å². The first-order chi connectivity index (χ1) is 8.92. The molecule has 0 amide bonds. The molecule has 0 radical (unpaired) electrons. The van der Waals surface area contributed by atoms with E-state index in [9.17, 15) is 8.42 Å². The van der Waals surface area contributed by atoms with Crippen molar-refractivity contribution in [3.05, 3.63) is 23.8 Å². The number of rotatable bonds is 7. The summed E-state index contributed by atoms with van der Waals surface area (Å²) in [4.78, 5) is 0.149. The van der Waals surface area contributed by atoms with Gasteiger partial charge in [0.15, 0.2) is 0 Å². The van der Waals surface area contributed by atoms with Crippen molar-refractivity contribution in [3.8, 4) is 5.75 Å². The number of benzene rings is 1. The zero-order valence-corrected chi connectivity index (χ0v) is 12.6. The predicted molar refractivity (Wildman–Crippen MR) is 74.1 cm³/mol. The van der Waals surface area contributed by atoms with E-state index in [0.29, 0.717) is 18.3 Å². The molecule has 1 N–H and O–H groups in total. The molecule has 0 saturated carbocycles. The molecule has 6 heteroatoms. The number of hydrogen-bond acceptors (Lipinski definition) is 4. The van der Waals surface area contributed by atoms with Gasteiger partial charge >= 0.3 is 0 Å². The van der Waals surface area contributed by atoms with Crippen LogP contribution in [0, 0.1) is 0 Å². The Labute approximate surface area is 115 Å². The lowest BCUT2D eigenvalue weighted by Crippen LogP contribution is -2.27.